The summed E-state index contributed by atoms with van der Waals surface area (Å²) < 4.78 is 50.9. The van der Waals surface area contributed by atoms with E-state index in [1.54, 1.807) is 32.0 Å². The van der Waals surface area contributed by atoms with E-state index in [1.165, 1.54) is 31.3 Å². The average Bonchev–Trinajstić information content (AvgIpc) is 3.01. The van der Waals surface area contributed by atoms with Crippen LogP contribution in [0.1, 0.15) is 27.7 Å². The summed E-state index contributed by atoms with van der Waals surface area (Å²) in [5, 5.41) is 15.5. The number of halogens is 1. The molecule has 2 amide bonds. The number of hydrogen-bond acceptors (Lipinski definition) is 8. The predicted molar refractivity (Wildman–Crippen MR) is 127 cm³/mol. The number of urea groups is 1. The van der Waals surface area contributed by atoms with Crippen molar-refractivity contribution in [2.24, 2.45) is 0 Å². The number of hydrogen-bond donors (Lipinski definition) is 3. The highest BCUT2D eigenvalue weighted by Gasteiger charge is 2.57. The zero-order valence-electron chi connectivity index (χ0n) is 20.4. The average molecular weight is 527 g/mol. The van der Waals surface area contributed by atoms with Crippen molar-refractivity contribution < 1.29 is 42.2 Å². The number of aliphatic hydroxyl groups excluding tert-OH is 1. The van der Waals surface area contributed by atoms with Gasteiger partial charge in [0.15, 0.2) is 11.9 Å². The van der Waals surface area contributed by atoms with Crippen LogP contribution in [-0.2, 0) is 23.4 Å². The molecule has 0 bridgehead atoms. The summed E-state index contributed by atoms with van der Waals surface area (Å²) in [6, 6.07) is 6.28. The minimum atomic E-state index is -4.27. The second-order valence-electron chi connectivity index (χ2n) is 8.84. The Morgan fingerprint density at radius 2 is 2.03 bits per heavy atom. The Kier molecular flexibility index (Phi) is 8.58. The molecule has 2 unspecified atom stereocenters. The topological polar surface area (TPSA) is 136 Å². The maximum atomic E-state index is 15.5. The number of esters is 1. The molecule has 1 saturated heterocycles. The number of ether oxygens (including phenoxy) is 2. The van der Waals surface area contributed by atoms with Gasteiger partial charge in [0.2, 0.25) is 0 Å². The van der Waals surface area contributed by atoms with Crippen molar-refractivity contribution in [3.8, 4) is 5.75 Å². The number of carbonyl (C=O) groups is 2. The van der Waals surface area contributed by atoms with Crippen LogP contribution in [0.25, 0.3) is 0 Å². The third kappa shape index (κ3) is 6.51. The van der Waals surface area contributed by atoms with Crippen molar-refractivity contribution in [1.29, 1.82) is 0 Å². The normalized spacial score (nSPS) is 28.5. The number of alkyl halides is 1. The summed E-state index contributed by atoms with van der Waals surface area (Å²) >= 11 is 0. The van der Waals surface area contributed by atoms with E-state index < -0.39 is 62.6 Å². The van der Waals surface area contributed by atoms with Crippen LogP contribution in [-0.4, -0.2) is 64.9 Å². The quantitative estimate of drug-likeness (QED) is 0.310. The number of benzene rings is 1. The molecule has 2 aliphatic rings. The van der Waals surface area contributed by atoms with Crippen molar-refractivity contribution in [1.82, 2.24) is 15.3 Å². The van der Waals surface area contributed by atoms with Crippen LogP contribution in [0.15, 0.2) is 54.9 Å². The molecule has 13 heteroatoms. The monoisotopic (exact) mass is 527 g/mol. The smallest absolute Gasteiger partial charge is 0.459 e. The van der Waals surface area contributed by atoms with Gasteiger partial charge >= 0.3 is 19.7 Å². The van der Waals surface area contributed by atoms with Crippen LogP contribution < -0.4 is 14.9 Å². The summed E-state index contributed by atoms with van der Waals surface area (Å²) in [6.45, 7) is 8.83. The number of aliphatic hydroxyl groups is 1. The van der Waals surface area contributed by atoms with E-state index in [-0.39, 0.29) is 5.75 Å². The van der Waals surface area contributed by atoms with E-state index in [0.29, 0.717) is 5.70 Å². The first-order valence-corrected chi connectivity index (χ1v) is 12.8. The summed E-state index contributed by atoms with van der Waals surface area (Å²) in [6.07, 6.45) is -2.26. The maximum Gasteiger partial charge on any atom is 0.459 e. The van der Waals surface area contributed by atoms with Gasteiger partial charge in [-0.1, -0.05) is 24.8 Å². The van der Waals surface area contributed by atoms with Crippen molar-refractivity contribution in [2.45, 2.75) is 63.9 Å². The van der Waals surface area contributed by atoms with Crippen molar-refractivity contribution >= 4 is 19.7 Å². The Balaban J connectivity index is 1.76. The van der Waals surface area contributed by atoms with E-state index in [0.717, 1.165) is 11.8 Å². The number of rotatable bonds is 10. The first kappa shape index (κ1) is 27.8. The maximum absolute atomic E-state index is 15.5. The molecule has 3 N–H and O–H groups in total. The molecule has 36 heavy (non-hydrogen) atoms. The van der Waals surface area contributed by atoms with Gasteiger partial charge in [0.1, 0.15) is 24.0 Å². The molecule has 1 aromatic rings. The molecule has 0 aliphatic carbocycles. The molecular weight excluding hydrogens is 496 g/mol. The Labute approximate surface area is 208 Å². The third-order valence-electron chi connectivity index (χ3n) is 5.34. The van der Waals surface area contributed by atoms with E-state index in [1.807, 2.05) is 0 Å². The van der Waals surface area contributed by atoms with Crippen molar-refractivity contribution in [3.63, 3.8) is 0 Å². The molecule has 3 rings (SSSR count). The minimum absolute atomic E-state index is 0.175. The lowest BCUT2D eigenvalue weighted by Gasteiger charge is -2.33. The first-order chi connectivity index (χ1) is 16.8. The molecule has 2 aliphatic heterocycles. The fourth-order valence-corrected chi connectivity index (χ4v) is 5.02. The minimum Gasteiger partial charge on any atom is -0.462 e. The number of carbonyl (C=O) groups excluding carboxylic acids is 2. The molecule has 11 nitrogen and oxygen atoms in total. The third-order valence-corrected chi connectivity index (χ3v) is 6.99. The lowest BCUT2D eigenvalue weighted by molar-refractivity contribution is -0.149. The van der Waals surface area contributed by atoms with Gasteiger partial charge in [-0.05, 0) is 45.9 Å². The molecule has 0 aromatic heterocycles. The van der Waals surface area contributed by atoms with E-state index in [2.05, 4.69) is 17.0 Å². The Morgan fingerprint density at radius 1 is 1.36 bits per heavy atom. The van der Waals surface area contributed by atoms with Gasteiger partial charge in [0, 0.05) is 11.9 Å². The van der Waals surface area contributed by atoms with Crippen LogP contribution >= 0.6 is 7.75 Å². The van der Waals surface area contributed by atoms with Crippen LogP contribution in [0, 0.1) is 0 Å². The second kappa shape index (κ2) is 11.1. The SMILES string of the molecule is C=C1C=CN([C@@H]2O[C@H](COP(=O)(N[C@@H](C)C(=O)OC(C)C)Oc3ccccc3)C(O)[C@@]2(C)F)C(=O)N1. The van der Waals surface area contributed by atoms with Gasteiger partial charge in [-0.2, -0.15) is 5.09 Å². The number of allylic oxidation sites excluding steroid dienone is 1. The Hall–Kier alpha value is -2.76. The summed E-state index contributed by atoms with van der Waals surface area (Å²) in [5.74, 6) is -0.516. The fourth-order valence-electron chi connectivity index (χ4n) is 3.52. The molecule has 198 valence electrons. The molecule has 0 radical (unpaired) electrons. The Morgan fingerprint density at radius 3 is 2.64 bits per heavy atom. The van der Waals surface area contributed by atoms with Gasteiger partial charge < -0.3 is 24.4 Å². The summed E-state index contributed by atoms with van der Waals surface area (Å²) in [5.41, 5.74) is -2.09. The zero-order chi connectivity index (χ0) is 26.7. The molecule has 1 aromatic carbocycles. The summed E-state index contributed by atoms with van der Waals surface area (Å²) in [4.78, 5) is 25.5. The van der Waals surface area contributed by atoms with Gasteiger partial charge in [0.05, 0.1) is 12.7 Å². The molecule has 0 spiro atoms. The second-order valence-corrected chi connectivity index (χ2v) is 10.5. The molecule has 0 saturated carbocycles. The van der Waals surface area contributed by atoms with Crippen molar-refractivity contribution in [3.05, 3.63) is 54.9 Å². The predicted octanol–water partition coefficient (Wildman–Crippen LogP) is 2.99. The highest BCUT2D eigenvalue weighted by Crippen LogP contribution is 2.46. The number of para-hydroxylation sites is 1. The summed E-state index contributed by atoms with van der Waals surface area (Å²) in [7, 11) is -4.27. The number of nitrogens with zero attached hydrogens (tertiary/aromatic N) is 1. The van der Waals surface area contributed by atoms with Crippen LogP contribution in [0.5, 0.6) is 5.75 Å². The molecular formula is C23H31FN3O8P. The number of amides is 2. The van der Waals surface area contributed by atoms with Crippen LogP contribution in [0.2, 0.25) is 0 Å². The first-order valence-electron chi connectivity index (χ1n) is 11.3. The van der Waals surface area contributed by atoms with Crippen LogP contribution in [0.3, 0.4) is 0 Å². The molecule has 2 heterocycles. The highest BCUT2D eigenvalue weighted by molar-refractivity contribution is 7.52. The standard InChI is InChI=1S/C23H31FN3O8P/c1-14(2)33-20(29)16(4)26-36(31,35-17-9-7-6-8-10-17)32-13-18-19(28)23(5,24)21(34-18)27-12-11-15(3)25-22(27)30/h6-12,14,16,18-19,21,28H,3,13H2,1-2,4-5H3,(H,25,30)(H,26,31)/t16-,18+,19?,21+,23+,36?/m0/s1. The number of nitrogens with one attached hydrogen (secondary N) is 2. The van der Waals surface area contributed by atoms with E-state index in [4.69, 9.17) is 18.5 Å². The fraction of sp³-hybridized carbons (Fsp3) is 0.478. The molecule has 6 atom stereocenters. The molecule has 1 fully saturated rings. The van der Waals surface area contributed by atoms with Gasteiger partial charge in [-0.15, -0.1) is 0 Å². The van der Waals surface area contributed by atoms with Crippen LogP contribution in [0.4, 0.5) is 9.18 Å². The Bertz CT molecular complexity index is 1050. The highest BCUT2D eigenvalue weighted by atomic mass is 31.2. The van der Waals surface area contributed by atoms with E-state index >= 15 is 4.39 Å². The van der Waals surface area contributed by atoms with Crippen molar-refractivity contribution in [2.75, 3.05) is 6.61 Å². The van der Waals surface area contributed by atoms with Gasteiger partial charge in [0.25, 0.3) is 0 Å². The van der Waals surface area contributed by atoms with Gasteiger partial charge in [-0.25, -0.2) is 13.8 Å². The lowest BCUT2D eigenvalue weighted by Crippen LogP contribution is -2.53. The lowest BCUT2D eigenvalue weighted by atomic mass is 9.98. The largest absolute Gasteiger partial charge is 0.462 e. The van der Waals surface area contributed by atoms with E-state index in [9.17, 15) is 19.3 Å². The van der Waals surface area contributed by atoms with Gasteiger partial charge in [-0.3, -0.25) is 14.2 Å². The zero-order valence-corrected chi connectivity index (χ0v) is 21.3.